The van der Waals surface area contributed by atoms with E-state index in [1.54, 1.807) is 6.92 Å². The van der Waals surface area contributed by atoms with Gasteiger partial charge in [0.15, 0.2) is 0 Å². The van der Waals surface area contributed by atoms with Crippen molar-refractivity contribution in [1.29, 1.82) is 0 Å². The van der Waals surface area contributed by atoms with Gasteiger partial charge in [-0.2, -0.15) is 0 Å². The molecule has 1 atom stereocenters. The molecule has 0 unspecified atom stereocenters. The Bertz CT molecular complexity index is 1050. The molecule has 4 heterocycles. The van der Waals surface area contributed by atoms with Crippen molar-refractivity contribution >= 4 is 44.7 Å². The average molecular weight is 456 g/mol. The smallest absolute Gasteiger partial charge is 0.239 e. The van der Waals surface area contributed by atoms with E-state index in [0.717, 1.165) is 33.7 Å². The van der Waals surface area contributed by atoms with Crippen molar-refractivity contribution in [2.24, 2.45) is 10.7 Å². The van der Waals surface area contributed by atoms with E-state index in [4.69, 9.17) is 22.1 Å². The molecule has 1 fully saturated rings. The predicted molar refractivity (Wildman–Crippen MR) is 116 cm³/mol. The Hall–Kier alpha value is -1.88. The summed E-state index contributed by atoms with van der Waals surface area (Å²) < 4.78 is 31.3. The Kier molecular flexibility index (Phi) is 5.22. The minimum atomic E-state index is -3.56. The quantitative estimate of drug-likeness (QED) is 0.760. The first kappa shape index (κ1) is 20.4. The van der Waals surface area contributed by atoms with Crippen LogP contribution in [0.2, 0.25) is 5.02 Å². The summed E-state index contributed by atoms with van der Waals surface area (Å²) >= 11 is 7.91. The average Bonchev–Trinajstić information content (AvgIpc) is 3.09. The first-order valence-corrected chi connectivity index (χ1v) is 11.9. The monoisotopic (exact) mass is 455 g/mol. The van der Waals surface area contributed by atoms with Gasteiger partial charge in [-0.15, -0.1) is 11.3 Å². The molecule has 0 radical (unpaired) electrons. The van der Waals surface area contributed by atoms with Crippen molar-refractivity contribution in [3.05, 3.63) is 34.3 Å². The largest absolute Gasteiger partial charge is 0.378 e. The molecule has 2 aliphatic rings. The first-order valence-electron chi connectivity index (χ1n) is 9.10. The normalized spacial score (nSPS) is 24.4. The van der Waals surface area contributed by atoms with Crippen molar-refractivity contribution in [2.45, 2.75) is 12.5 Å². The zero-order valence-corrected chi connectivity index (χ0v) is 18.5. The topological polar surface area (TPSA) is 101 Å². The van der Waals surface area contributed by atoms with Crippen LogP contribution in [-0.4, -0.2) is 62.8 Å². The summed E-state index contributed by atoms with van der Waals surface area (Å²) in [7, 11) is -2.16. The van der Waals surface area contributed by atoms with Crippen LogP contribution in [0.3, 0.4) is 0 Å². The van der Waals surface area contributed by atoms with E-state index in [9.17, 15) is 8.42 Å². The standard InChI is InChI=1S/C18H22ClN5O3S2/c1-18(11-29(25,26)23(2)17(20)22-18)16-13(19)9-14(28-16)12-3-4-15(21-10-12)24-5-7-27-8-6-24/h3-4,9-10H,5-8,11H2,1-2H3,(H2,20,22)/t18-/m0/s1. The lowest BCUT2D eigenvalue weighted by Crippen LogP contribution is -2.50. The number of halogens is 1. The third kappa shape index (κ3) is 3.81. The van der Waals surface area contributed by atoms with Gasteiger partial charge in [-0.05, 0) is 25.1 Å². The highest BCUT2D eigenvalue weighted by Gasteiger charge is 2.42. The number of nitrogens with two attached hydrogens (primary N) is 1. The molecule has 1 saturated heterocycles. The van der Waals surface area contributed by atoms with Crippen LogP contribution in [0.5, 0.6) is 0 Å². The SMILES string of the molecule is CN1C(N)=N[C@](C)(c2sc(-c3ccc(N4CCOCC4)nc3)cc2Cl)CS1(=O)=O. The highest BCUT2D eigenvalue weighted by Crippen LogP contribution is 2.44. The molecule has 2 aromatic rings. The molecular formula is C18H22ClN5O3S2. The molecule has 0 spiro atoms. The molecule has 0 aromatic carbocycles. The van der Waals surface area contributed by atoms with Crippen LogP contribution in [0.25, 0.3) is 10.4 Å². The van der Waals surface area contributed by atoms with Gasteiger partial charge in [0.1, 0.15) is 11.4 Å². The summed E-state index contributed by atoms with van der Waals surface area (Å²) in [5, 5.41) is 0.473. The number of guanidine groups is 1. The summed E-state index contributed by atoms with van der Waals surface area (Å²) in [6.45, 7) is 4.79. The van der Waals surface area contributed by atoms with Crippen molar-refractivity contribution in [2.75, 3.05) is 44.0 Å². The molecule has 0 aliphatic carbocycles. The Morgan fingerprint density at radius 1 is 1.31 bits per heavy atom. The van der Waals surface area contributed by atoms with Crippen LogP contribution in [0.1, 0.15) is 11.8 Å². The van der Waals surface area contributed by atoms with E-state index in [-0.39, 0.29) is 11.7 Å². The lowest BCUT2D eigenvalue weighted by Gasteiger charge is -2.33. The number of morpholine rings is 1. The van der Waals surface area contributed by atoms with Crippen molar-refractivity contribution in [3.63, 3.8) is 0 Å². The summed E-state index contributed by atoms with van der Waals surface area (Å²) in [5.74, 6) is 0.678. The molecule has 156 valence electrons. The van der Waals surface area contributed by atoms with E-state index >= 15 is 0 Å². The van der Waals surface area contributed by atoms with Gasteiger partial charge in [-0.25, -0.2) is 22.7 Å². The van der Waals surface area contributed by atoms with E-state index in [1.165, 1.54) is 18.4 Å². The van der Waals surface area contributed by atoms with Crippen molar-refractivity contribution in [3.8, 4) is 10.4 Å². The number of ether oxygens (including phenoxy) is 1. The van der Waals surface area contributed by atoms with Crippen LogP contribution >= 0.6 is 22.9 Å². The van der Waals surface area contributed by atoms with Crippen LogP contribution in [0, 0.1) is 0 Å². The van der Waals surface area contributed by atoms with Gasteiger partial charge in [-0.3, -0.25) is 0 Å². The first-order chi connectivity index (χ1) is 13.7. The number of thiophene rings is 1. The summed E-state index contributed by atoms with van der Waals surface area (Å²) in [6.07, 6.45) is 1.81. The fourth-order valence-corrected chi connectivity index (χ4v) is 6.61. The minimum Gasteiger partial charge on any atom is -0.378 e. The fraction of sp³-hybridized carbons (Fsp3) is 0.444. The van der Waals surface area contributed by atoms with E-state index in [0.29, 0.717) is 23.1 Å². The Balaban J connectivity index is 1.65. The van der Waals surface area contributed by atoms with E-state index in [2.05, 4.69) is 14.9 Å². The lowest BCUT2D eigenvalue weighted by molar-refractivity contribution is 0.122. The molecule has 0 amide bonds. The van der Waals surface area contributed by atoms with Gasteiger partial charge in [0, 0.05) is 36.8 Å². The van der Waals surface area contributed by atoms with Crippen LogP contribution in [0.15, 0.2) is 29.4 Å². The maximum absolute atomic E-state index is 12.5. The number of aliphatic imine (C=N–C) groups is 1. The number of nitrogens with zero attached hydrogens (tertiary/aromatic N) is 4. The van der Waals surface area contributed by atoms with Gasteiger partial charge in [0.25, 0.3) is 0 Å². The molecule has 11 heteroatoms. The molecule has 29 heavy (non-hydrogen) atoms. The van der Waals surface area contributed by atoms with Gasteiger partial charge in [-0.1, -0.05) is 11.6 Å². The van der Waals surface area contributed by atoms with Gasteiger partial charge < -0.3 is 15.4 Å². The summed E-state index contributed by atoms with van der Waals surface area (Å²) in [6, 6.07) is 5.80. The number of pyridine rings is 1. The maximum Gasteiger partial charge on any atom is 0.239 e. The molecule has 0 saturated carbocycles. The Morgan fingerprint density at radius 2 is 2.03 bits per heavy atom. The molecule has 2 N–H and O–H groups in total. The second kappa shape index (κ2) is 7.42. The zero-order chi connectivity index (χ0) is 20.8. The van der Waals surface area contributed by atoms with E-state index in [1.807, 2.05) is 24.4 Å². The number of aromatic nitrogens is 1. The number of rotatable bonds is 3. The van der Waals surface area contributed by atoms with Crippen LogP contribution < -0.4 is 10.6 Å². The number of anilines is 1. The zero-order valence-electron chi connectivity index (χ0n) is 16.1. The Labute approximate surface area is 179 Å². The third-order valence-electron chi connectivity index (χ3n) is 5.11. The third-order valence-corrected chi connectivity index (χ3v) is 8.90. The molecule has 2 aromatic heterocycles. The lowest BCUT2D eigenvalue weighted by atomic mass is 10.0. The van der Waals surface area contributed by atoms with Crippen molar-refractivity contribution < 1.29 is 13.2 Å². The maximum atomic E-state index is 12.5. The number of hydrogen-bond acceptors (Lipinski definition) is 8. The summed E-state index contributed by atoms with van der Waals surface area (Å²) in [4.78, 5) is 12.8. The molecule has 8 nitrogen and oxygen atoms in total. The second-order valence-corrected chi connectivity index (χ2v) is 10.7. The number of sulfonamides is 1. The summed E-state index contributed by atoms with van der Waals surface area (Å²) in [5.41, 5.74) is 5.74. The highest BCUT2D eigenvalue weighted by atomic mass is 35.5. The minimum absolute atomic E-state index is 0.0405. The predicted octanol–water partition coefficient (Wildman–Crippen LogP) is 2.11. The number of hydrogen-bond donors (Lipinski definition) is 1. The van der Waals surface area contributed by atoms with Crippen LogP contribution in [-0.2, 0) is 20.3 Å². The fourth-order valence-electron chi connectivity index (χ4n) is 3.46. The molecule has 0 bridgehead atoms. The molecular weight excluding hydrogens is 434 g/mol. The van der Waals surface area contributed by atoms with Gasteiger partial charge in [0.05, 0.1) is 28.9 Å². The van der Waals surface area contributed by atoms with Gasteiger partial charge >= 0.3 is 0 Å². The van der Waals surface area contributed by atoms with Crippen molar-refractivity contribution in [1.82, 2.24) is 9.29 Å². The van der Waals surface area contributed by atoms with Gasteiger partial charge in [0.2, 0.25) is 16.0 Å². The highest BCUT2D eigenvalue weighted by molar-refractivity contribution is 7.89. The second-order valence-electron chi connectivity index (χ2n) is 7.26. The van der Waals surface area contributed by atoms with Crippen LogP contribution in [0.4, 0.5) is 5.82 Å². The molecule has 2 aliphatic heterocycles. The molecule has 4 rings (SSSR count). The Morgan fingerprint density at radius 3 is 2.66 bits per heavy atom. The van der Waals surface area contributed by atoms with E-state index < -0.39 is 15.6 Å².